The van der Waals surface area contributed by atoms with Gasteiger partial charge in [0.1, 0.15) is 11.5 Å². The number of aromatic nitrogens is 4. The number of Topliss-reactive ketones (excluding diaryl/α,β-unsaturated/α-hetero) is 4. The van der Waals surface area contributed by atoms with E-state index >= 15 is 0 Å². The average molecular weight is 1950 g/mol. The molecule has 18 nitrogen and oxygen atoms in total. The van der Waals surface area contributed by atoms with Crippen LogP contribution in [0.5, 0.6) is 11.5 Å². The van der Waals surface area contributed by atoms with Crippen LogP contribution >= 0.6 is 0 Å². The topological polar surface area (TPSA) is 255 Å². The highest BCUT2D eigenvalue weighted by molar-refractivity contribution is 6.07. The number of nitrogens with zero attached hydrogens (tertiary/aromatic N) is 4. The fraction of sp³-hybridized carbons (Fsp3) is 0.281. The molecule has 748 valence electrons. The number of benzene rings is 12. The second kappa shape index (κ2) is 51.6. The van der Waals surface area contributed by atoms with Gasteiger partial charge in [-0.1, -0.05) is 270 Å². The molecule has 16 aromatic rings. The van der Waals surface area contributed by atoms with E-state index in [2.05, 4.69) is 176 Å². The molecule has 146 heavy (non-hydrogen) atoms. The number of aryl methyl sites for hydroxylation is 4. The molecule has 12 aromatic carbocycles. The van der Waals surface area contributed by atoms with Crippen LogP contribution in [0.1, 0.15) is 289 Å². The van der Waals surface area contributed by atoms with E-state index in [1.165, 1.54) is 0 Å². The van der Waals surface area contributed by atoms with Crippen LogP contribution in [0.2, 0.25) is 0 Å². The Morgan fingerprint density at radius 2 is 0.548 bits per heavy atom. The van der Waals surface area contributed by atoms with Gasteiger partial charge in [-0.15, -0.1) is 0 Å². The van der Waals surface area contributed by atoms with E-state index in [-0.39, 0.29) is 52.2 Å². The summed E-state index contributed by atoms with van der Waals surface area (Å²) in [4.78, 5) is 121. The van der Waals surface area contributed by atoms with E-state index in [0.29, 0.717) is 127 Å². The first-order valence-corrected chi connectivity index (χ1v) is 51.2. The van der Waals surface area contributed by atoms with E-state index in [4.69, 9.17) is 14.5 Å². The molecular formula is C128H136N8O10. The molecule has 0 radical (unpaired) electrons. The Labute approximate surface area is 859 Å². The van der Waals surface area contributed by atoms with Crippen LogP contribution in [-0.2, 0) is 25.7 Å². The maximum Gasteiger partial charge on any atom is 0.251 e. The number of nitrogens with one attached hydrogen (secondary N) is 4. The minimum absolute atomic E-state index is 0.0139. The number of hydrogen-bond acceptors (Lipinski definition) is 14. The Bertz CT molecular complexity index is 7400. The molecule has 0 saturated carbocycles. The normalized spacial score (nSPS) is 11.1. The zero-order chi connectivity index (χ0) is 104. The minimum atomic E-state index is -0.136. The second-order valence-electron chi connectivity index (χ2n) is 38.7. The summed E-state index contributed by atoms with van der Waals surface area (Å²) in [6.45, 7) is 30.6. The first kappa shape index (κ1) is 108. The van der Waals surface area contributed by atoms with Gasteiger partial charge >= 0.3 is 0 Å². The third-order valence-electron chi connectivity index (χ3n) is 26.5. The van der Waals surface area contributed by atoms with Gasteiger partial charge in [0, 0.05) is 160 Å². The molecule has 18 heteroatoms. The number of fused-ring (bicyclic) bond motifs is 4. The number of amides is 4. The number of ether oxygens (including phenoxy) is 2. The molecule has 16 rings (SSSR count). The Balaban J connectivity index is 0.000000163. The number of carbonyl (C=O) groups is 8. The molecule has 0 unspecified atom stereocenters. The maximum absolute atomic E-state index is 13.5. The van der Waals surface area contributed by atoms with Crippen LogP contribution < -0.4 is 30.7 Å². The quantitative estimate of drug-likeness (QED) is 0.0209. The minimum Gasteiger partial charge on any atom is -0.496 e. The van der Waals surface area contributed by atoms with Crippen molar-refractivity contribution in [2.75, 3.05) is 40.4 Å². The van der Waals surface area contributed by atoms with E-state index in [9.17, 15) is 38.4 Å². The van der Waals surface area contributed by atoms with Gasteiger partial charge < -0.3 is 30.7 Å². The number of pyridine rings is 4. The highest BCUT2D eigenvalue weighted by Gasteiger charge is 2.27. The van der Waals surface area contributed by atoms with Gasteiger partial charge in [-0.05, 0) is 252 Å². The molecule has 0 atom stereocenters. The number of rotatable bonds is 37. The lowest BCUT2D eigenvalue weighted by Crippen LogP contribution is -2.25. The van der Waals surface area contributed by atoms with Crippen molar-refractivity contribution in [2.24, 2.45) is 5.41 Å². The van der Waals surface area contributed by atoms with Crippen molar-refractivity contribution in [1.29, 1.82) is 0 Å². The van der Waals surface area contributed by atoms with Crippen molar-refractivity contribution in [3.8, 4) is 56.0 Å². The molecule has 0 fully saturated rings. The predicted molar refractivity (Wildman–Crippen MR) is 594 cm³/mol. The summed E-state index contributed by atoms with van der Waals surface area (Å²) in [5.74, 6) is 1.50. The molecule has 0 aliphatic heterocycles. The largest absolute Gasteiger partial charge is 0.496 e. The molecule has 4 N–H and O–H groups in total. The van der Waals surface area contributed by atoms with Crippen LogP contribution in [-0.4, -0.2) is 107 Å². The number of unbranched alkanes of at least 4 members (excludes halogenated alkanes) is 4. The smallest absolute Gasteiger partial charge is 0.251 e. The Kier molecular flexibility index (Phi) is 38.1. The fourth-order valence-corrected chi connectivity index (χ4v) is 18.4. The van der Waals surface area contributed by atoms with Crippen LogP contribution in [0, 0.1) is 33.1 Å². The fourth-order valence-electron chi connectivity index (χ4n) is 18.4. The highest BCUT2D eigenvalue weighted by atomic mass is 16.5. The molecule has 4 amide bonds. The van der Waals surface area contributed by atoms with Crippen LogP contribution in [0.25, 0.3) is 88.1 Å². The standard InChI is InChI=1S/C35H40N2O3.C32H34N2O3.C31H32N2O2.C30H30N2O2/c1-7-8-16-36-34(39)26-15-14-25(17-23(26)2)27-19-29-28(18-24-12-10-9-11-13-24)30(32(38)21-35(3,4)5)22-37-31(29)20-33(27)40-6;1-5-7-15-33-32(36)24-14-13-23(16-21(24)3)25-18-27-26(17-22-11-9-8-10-12-22)28(30(35)6-2)20-34-29(27)19-31(25)37-4;1-4-6-16-32-31(35)25-14-12-23(17-21(25)3)24-13-15-29-27(19-24)26(18-22-10-8-7-9-11-22)28(20-33-29)30(34)5-2;1-4-5-15-31-30(34)25-13-11-23(16-20(25)2)24-12-14-29-27(18-24)26(28(19-32-29)21(3)33)17-22-9-7-6-8-10-22/h9-15,17,19-20,22H,7-8,16,18,21H2,1-6H3,(H,36,39);8-14,16,18-20H,5-7,15,17H2,1-4H3,(H,33,36);7-15,17,19-20H,4-6,16,18H2,1-3H3,(H,32,35);6-14,16,18-19H,4-5,15,17H2,1-3H3,(H,31,34). The van der Waals surface area contributed by atoms with Crippen molar-refractivity contribution in [2.45, 2.75) is 193 Å². The lowest BCUT2D eigenvalue weighted by atomic mass is 9.85. The summed E-state index contributed by atoms with van der Waals surface area (Å²) in [6, 6.07) is 84.8. The monoisotopic (exact) mass is 1950 g/mol. The Hall–Kier alpha value is -15.6. The third-order valence-corrected chi connectivity index (χ3v) is 26.5. The van der Waals surface area contributed by atoms with E-state index in [0.717, 1.165) is 206 Å². The van der Waals surface area contributed by atoms with E-state index < -0.39 is 0 Å². The predicted octanol–water partition coefficient (Wildman–Crippen LogP) is 28.3. The molecule has 4 aromatic heterocycles. The van der Waals surface area contributed by atoms with Crippen molar-refractivity contribution in [3.63, 3.8) is 0 Å². The zero-order valence-electron chi connectivity index (χ0n) is 87.4. The van der Waals surface area contributed by atoms with Crippen molar-refractivity contribution in [1.82, 2.24) is 41.2 Å². The first-order valence-electron chi connectivity index (χ1n) is 51.2. The lowest BCUT2D eigenvalue weighted by Gasteiger charge is -2.20. The highest BCUT2D eigenvalue weighted by Crippen LogP contribution is 2.42. The number of carbonyl (C=O) groups excluding carboxylic acids is 8. The number of ketones is 4. The number of methoxy groups -OCH3 is 2. The SMILES string of the molecule is CCCCNC(=O)c1ccc(-c2cc3c(Cc4ccccc4)c(C(=O)CC(C)(C)C)cnc3cc2OC)cc1C.CCCCNC(=O)c1ccc(-c2cc3c(Cc4ccccc4)c(C(=O)CC)cnc3cc2OC)cc1C.CCCCNC(=O)c1ccc(-c2ccc3ncc(C(=O)CC)c(Cc4ccccc4)c3c2)cc1C.CCCCNC(=O)c1ccc(-c2ccc3ncc(C(C)=O)c(Cc4ccccc4)c3c2)cc1C. The van der Waals surface area contributed by atoms with Gasteiger partial charge in [-0.3, -0.25) is 58.3 Å². The van der Waals surface area contributed by atoms with Crippen molar-refractivity contribution < 1.29 is 47.8 Å². The molecule has 0 spiro atoms. The summed E-state index contributed by atoms with van der Waals surface area (Å²) in [5.41, 5.74) is 28.6. The summed E-state index contributed by atoms with van der Waals surface area (Å²) >= 11 is 0. The van der Waals surface area contributed by atoms with Gasteiger partial charge in [-0.25, -0.2) is 0 Å². The molecule has 4 heterocycles. The number of hydrogen-bond donors (Lipinski definition) is 4. The third kappa shape index (κ3) is 27.5. The average Bonchev–Trinajstić information content (AvgIpc) is 0.767. The molecular weight excluding hydrogens is 1810 g/mol. The zero-order valence-corrected chi connectivity index (χ0v) is 87.4. The molecule has 0 saturated heterocycles. The van der Waals surface area contributed by atoms with Gasteiger partial charge in [-0.2, -0.15) is 0 Å². The summed E-state index contributed by atoms with van der Waals surface area (Å²) in [6.07, 6.45) is 18.7. The van der Waals surface area contributed by atoms with E-state index in [1.807, 2.05) is 205 Å². The first-order chi connectivity index (χ1) is 70.6. The maximum atomic E-state index is 13.5. The summed E-state index contributed by atoms with van der Waals surface area (Å²) < 4.78 is 11.6. The van der Waals surface area contributed by atoms with Crippen LogP contribution in [0.4, 0.5) is 0 Å². The van der Waals surface area contributed by atoms with Crippen molar-refractivity contribution in [3.05, 3.63) is 391 Å². The van der Waals surface area contributed by atoms with Gasteiger partial charge in [0.25, 0.3) is 23.6 Å². The van der Waals surface area contributed by atoms with Crippen molar-refractivity contribution >= 4 is 90.4 Å². The second-order valence-corrected chi connectivity index (χ2v) is 38.7. The molecule has 0 aliphatic rings. The summed E-state index contributed by atoms with van der Waals surface area (Å²) in [7, 11) is 3.30. The Morgan fingerprint density at radius 1 is 0.288 bits per heavy atom. The van der Waals surface area contributed by atoms with Gasteiger partial charge in [0.2, 0.25) is 0 Å². The van der Waals surface area contributed by atoms with E-state index in [1.54, 1.807) is 45.9 Å². The Morgan fingerprint density at radius 3 is 0.829 bits per heavy atom. The molecule has 0 bridgehead atoms. The van der Waals surface area contributed by atoms with Gasteiger partial charge in [0.15, 0.2) is 23.1 Å². The molecule has 0 aliphatic carbocycles. The van der Waals surface area contributed by atoms with Crippen LogP contribution in [0.3, 0.4) is 0 Å². The lowest BCUT2D eigenvalue weighted by molar-refractivity contribution is 0.0931. The summed E-state index contributed by atoms with van der Waals surface area (Å²) in [5, 5.41) is 15.8. The van der Waals surface area contributed by atoms with Crippen LogP contribution in [0.15, 0.2) is 280 Å². The van der Waals surface area contributed by atoms with Gasteiger partial charge in [0.05, 0.1) is 36.3 Å².